The summed E-state index contributed by atoms with van der Waals surface area (Å²) in [5.74, 6) is -0.327. The lowest BCUT2D eigenvalue weighted by Crippen LogP contribution is -2.44. The smallest absolute Gasteiger partial charge is 0.306 e. The molecular weight excluding hydrogens is 229 g/mol. The SMILES string of the molecule is CCC(=O)OC(C[N+](C)(C)C)CP(C)(=O)O. The molecule has 0 saturated carbocycles. The minimum atomic E-state index is -3.16. The van der Waals surface area contributed by atoms with Gasteiger partial charge in [-0.3, -0.25) is 9.36 Å². The van der Waals surface area contributed by atoms with Crippen molar-refractivity contribution in [3.8, 4) is 0 Å². The molecule has 0 spiro atoms. The van der Waals surface area contributed by atoms with Crippen molar-refractivity contribution in [1.29, 1.82) is 0 Å². The van der Waals surface area contributed by atoms with Crippen LogP contribution in [0.4, 0.5) is 0 Å². The molecule has 0 amide bonds. The quantitative estimate of drug-likeness (QED) is 0.433. The van der Waals surface area contributed by atoms with Crippen molar-refractivity contribution in [3.05, 3.63) is 0 Å². The van der Waals surface area contributed by atoms with Gasteiger partial charge in [-0.05, 0) is 0 Å². The van der Waals surface area contributed by atoms with E-state index in [0.29, 0.717) is 11.0 Å². The van der Waals surface area contributed by atoms with Gasteiger partial charge in [0.2, 0.25) is 7.37 Å². The number of hydrogen-bond acceptors (Lipinski definition) is 3. The number of carbonyl (C=O) groups excluding carboxylic acids is 1. The highest BCUT2D eigenvalue weighted by atomic mass is 31.2. The topological polar surface area (TPSA) is 63.6 Å². The first-order valence-corrected chi connectivity index (χ1v) is 7.62. The molecule has 0 fully saturated rings. The average molecular weight is 252 g/mol. The van der Waals surface area contributed by atoms with Crippen LogP contribution in [0, 0.1) is 0 Å². The van der Waals surface area contributed by atoms with Gasteiger partial charge in [0, 0.05) is 13.1 Å². The molecule has 0 aliphatic heterocycles. The lowest BCUT2D eigenvalue weighted by molar-refractivity contribution is -0.873. The van der Waals surface area contributed by atoms with Crippen molar-refractivity contribution in [3.63, 3.8) is 0 Å². The number of likely N-dealkylation sites (N-methyl/N-ethyl adjacent to an activating group) is 1. The van der Waals surface area contributed by atoms with Gasteiger partial charge in [0.1, 0.15) is 6.54 Å². The number of hydrogen-bond donors (Lipinski definition) is 1. The molecule has 5 nitrogen and oxygen atoms in total. The van der Waals surface area contributed by atoms with Crippen LogP contribution in [-0.4, -0.2) is 62.0 Å². The second-order valence-electron chi connectivity index (χ2n) is 5.17. The Kier molecular flexibility index (Phi) is 5.66. The zero-order valence-corrected chi connectivity index (χ0v) is 11.7. The van der Waals surface area contributed by atoms with E-state index >= 15 is 0 Å². The molecule has 6 heteroatoms. The molecule has 16 heavy (non-hydrogen) atoms. The standard InChI is InChI=1S/C10H22NO4P/c1-6-10(12)15-9(7-11(2,3)4)8-16(5,13)14/h9H,6-8H2,1-5H3/p+1. The molecular formula is C10H23NO4P+. The van der Waals surface area contributed by atoms with Crippen LogP contribution in [0.15, 0.2) is 0 Å². The summed E-state index contributed by atoms with van der Waals surface area (Å²) in [6.45, 7) is 3.52. The highest BCUT2D eigenvalue weighted by Crippen LogP contribution is 2.36. The summed E-state index contributed by atoms with van der Waals surface area (Å²) in [6, 6.07) is 0. The molecule has 0 aromatic carbocycles. The maximum atomic E-state index is 11.3. The number of rotatable bonds is 6. The van der Waals surface area contributed by atoms with Gasteiger partial charge in [-0.15, -0.1) is 0 Å². The van der Waals surface area contributed by atoms with Crippen LogP contribution < -0.4 is 0 Å². The molecule has 0 saturated heterocycles. The molecule has 0 aliphatic carbocycles. The van der Waals surface area contributed by atoms with Crippen LogP contribution in [0.3, 0.4) is 0 Å². The Morgan fingerprint density at radius 3 is 2.25 bits per heavy atom. The molecule has 2 atom stereocenters. The van der Waals surface area contributed by atoms with Gasteiger partial charge in [-0.25, -0.2) is 0 Å². The van der Waals surface area contributed by atoms with Gasteiger partial charge >= 0.3 is 5.97 Å². The highest BCUT2D eigenvalue weighted by Gasteiger charge is 2.27. The summed E-state index contributed by atoms with van der Waals surface area (Å²) < 4.78 is 17.1. The monoisotopic (exact) mass is 252 g/mol. The predicted molar refractivity (Wildman–Crippen MR) is 63.7 cm³/mol. The minimum absolute atomic E-state index is 0.0221. The first-order chi connectivity index (χ1) is 7.03. The van der Waals surface area contributed by atoms with Crippen molar-refractivity contribution in [1.82, 2.24) is 0 Å². The second kappa shape index (κ2) is 5.80. The van der Waals surface area contributed by atoms with Gasteiger partial charge in [0.25, 0.3) is 0 Å². The largest absolute Gasteiger partial charge is 0.456 e. The molecule has 96 valence electrons. The van der Waals surface area contributed by atoms with E-state index in [4.69, 9.17) is 4.74 Å². The third-order valence-electron chi connectivity index (χ3n) is 1.88. The number of nitrogens with zero attached hydrogens (tertiary/aromatic N) is 1. The zero-order valence-electron chi connectivity index (χ0n) is 10.8. The summed E-state index contributed by atoms with van der Waals surface area (Å²) >= 11 is 0. The van der Waals surface area contributed by atoms with Crippen LogP contribution >= 0.6 is 7.37 Å². The van der Waals surface area contributed by atoms with E-state index in [1.54, 1.807) is 6.92 Å². The molecule has 0 aromatic rings. The molecule has 2 unspecified atom stereocenters. The van der Waals surface area contributed by atoms with E-state index in [1.807, 2.05) is 21.1 Å². The first kappa shape index (κ1) is 15.6. The van der Waals surface area contributed by atoms with Gasteiger partial charge in [-0.2, -0.15) is 0 Å². The Labute approximate surface area is 97.4 Å². The van der Waals surface area contributed by atoms with E-state index in [0.717, 1.165) is 0 Å². The zero-order chi connectivity index (χ0) is 13.0. The number of quaternary nitrogens is 1. The maximum Gasteiger partial charge on any atom is 0.306 e. The summed E-state index contributed by atoms with van der Waals surface area (Å²) in [7, 11) is 2.69. The summed E-state index contributed by atoms with van der Waals surface area (Å²) in [5.41, 5.74) is 0. The predicted octanol–water partition coefficient (Wildman–Crippen LogP) is 0.915. The Bertz CT molecular complexity index is 279. The van der Waals surface area contributed by atoms with Crippen molar-refractivity contribution in [2.75, 3.05) is 40.5 Å². The third kappa shape index (κ3) is 8.89. The van der Waals surface area contributed by atoms with Crippen molar-refractivity contribution >= 4 is 13.3 Å². The summed E-state index contributed by atoms with van der Waals surface area (Å²) in [5, 5.41) is 0. The van der Waals surface area contributed by atoms with Gasteiger partial charge < -0.3 is 14.1 Å². The van der Waals surface area contributed by atoms with Crippen LogP contribution in [0.1, 0.15) is 13.3 Å². The summed E-state index contributed by atoms with van der Waals surface area (Å²) in [4.78, 5) is 20.5. The van der Waals surface area contributed by atoms with Crippen LogP contribution in [-0.2, 0) is 14.1 Å². The second-order valence-corrected chi connectivity index (χ2v) is 7.64. The van der Waals surface area contributed by atoms with E-state index in [-0.39, 0.29) is 18.6 Å². The average Bonchev–Trinajstić information content (AvgIpc) is 1.97. The van der Waals surface area contributed by atoms with E-state index in [9.17, 15) is 14.3 Å². The maximum absolute atomic E-state index is 11.3. The third-order valence-corrected chi connectivity index (χ3v) is 2.97. The Morgan fingerprint density at radius 1 is 1.44 bits per heavy atom. The van der Waals surface area contributed by atoms with Gasteiger partial charge in [-0.1, -0.05) is 6.92 Å². The molecule has 0 aliphatic rings. The lowest BCUT2D eigenvalue weighted by Gasteiger charge is -2.29. The van der Waals surface area contributed by atoms with E-state index in [1.165, 1.54) is 6.66 Å². The number of carbonyl (C=O) groups is 1. The highest BCUT2D eigenvalue weighted by molar-refractivity contribution is 7.57. The number of ether oxygens (including phenoxy) is 1. The summed E-state index contributed by atoms with van der Waals surface area (Å²) in [6.07, 6.45) is -0.185. The van der Waals surface area contributed by atoms with Crippen LogP contribution in [0.2, 0.25) is 0 Å². The van der Waals surface area contributed by atoms with Crippen molar-refractivity contribution < 1.29 is 23.5 Å². The Hall–Kier alpha value is -0.380. The molecule has 0 heterocycles. The lowest BCUT2D eigenvalue weighted by atomic mass is 10.3. The normalized spacial score (nSPS) is 17.6. The van der Waals surface area contributed by atoms with Gasteiger partial charge in [0.15, 0.2) is 6.10 Å². The first-order valence-electron chi connectivity index (χ1n) is 5.32. The van der Waals surface area contributed by atoms with E-state index in [2.05, 4.69) is 0 Å². The molecule has 0 rings (SSSR count). The van der Waals surface area contributed by atoms with Crippen LogP contribution in [0.25, 0.3) is 0 Å². The minimum Gasteiger partial charge on any atom is -0.456 e. The molecule has 0 aromatic heterocycles. The molecule has 0 bridgehead atoms. The van der Waals surface area contributed by atoms with Crippen LogP contribution in [0.5, 0.6) is 0 Å². The van der Waals surface area contributed by atoms with Crippen molar-refractivity contribution in [2.24, 2.45) is 0 Å². The molecule has 1 N–H and O–H groups in total. The fourth-order valence-corrected chi connectivity index (χ4v) is 2.34. The van der Waals surface area contributed by atoms with Crippen molar-refractivity contribution in [2.45, 2.75) is 19.4 Å². The van der Waals surface area contributed by atoms with E-state index < -0.39 is 13.5 Å². The number of esters is 1. The fourth-order valence-electron chi connectivity index (χ4n) is 1.39. The van der Waals surface area contributed by atoms with Gasteiger partial charge in [0.05, 0.1) is 27.3 Å². The Balaban J connectivity index is 4.51. The fraction of sp³-hybridized carbons (Fsp3) is 0.900. The Morgan fingerprint density at radius 2 is 1.94 bits per heavy atom. The molecule has 0 radical (unpaired) electrons.